The molecule has 1 aromatic rings. The number of methoxy groups -OCH3 is 2. The molecule has 0 bridgehead atoms. The van der Waals surface area contributed by atoms with Crippen molar-refractivity contribution in [2.45, 2.75) is 103 Å². The van der Waals surface area contributed by atoms with Crippen molar-refractivity contribution >= 4 is 5.91 Å². The fraction of sp³-hybridized carbons (Fsp3) is 0.788. The normalized spacial score (nSPS) is 41.3. The maximum absolute atomic E-state index is 12.8. The lowest BCUT2D eigenvalue weighted by molar-refractivity contribution is -0.207. The molecule has 40 heavy (non-hydrogen) atoms. The number of aliphatic hydroxyl groups excluding tert-OH is 3. The van der Waals surface area contributed by atoms with E-state index in [4.69, 9.17) is 9.47 Å². The molecule has 4 saturated carbocycles. The van der Waals surface area contributed by atoms with Gasteiger partial charge in [0.2, 0.25) is 5.91 Å². The topological polar surface area (TPSA) is 108 Å². The quantitative estimate of drug-likeness (QED) is 0.369. The van der Waals surface area contributed by atoms with Crippen molar-refractivity contribution in [3.8, 4) is 11.5 Å². The summed E-state index contributed by atoms with van der Waals surface area (Å²) in [5, 5.41) is 36.6. The van der Waals surface area contributed by atoms with Gasteiger partial charge < -0.3 is 30.1 Å². The van der Waals surface area contributed by atoms with Crippen molar-refractivity contribution < 1.29 is 29.6 Å². The number of hydrogen-bond acceptors (Lipinski definition) is 6. The van der Waals surface area contributed by atoms with Gasteiger partial charge >= 0.3 is 0 Å². The maximum Gasteiger partial charge on any atom is 0.220 e. The molecular weight excluding hydrogens is 506 g/mol. The van der Waals surface area contributed by atoms with Crippen LogP contribution in [0.2, 0.25) is 0 Å². The minimum Gasteiger partial charge on any atom is -0.493 e. The molecular formula is C33H51NO6. The lowest BCUT2D eigenvalue weighted by Gasteiger charge is -2.63. The molecule has 0 aromatic heterocycles. The van der Waals surface area contributed by atoms with Crippen LogP contribution in [0.5, 0.6) is 11.5 Å². The number of nitrogens with one attached hydrogen (secondary N) is 1. The van der Waals surface area contributed by atoms with E-state index >= 15 is 0 Å². The molecule has 5 rings (SSSR count). The Kier molecular flexibility index (Phi) is 8.49. The molecule has 7 heteroatoms. The van der Waals surface area contributed by atoms with E-state index in [9.17, 15) is 20.1 Å². The molecule has 7 nitrogen and oxygen atoms in total. The molecule has 0 radical (unpaired) electrons. The van der Waals surface area contributed by atoms with Crippen molar-refractivity contribution in [3.05, 3.63) is 23.8 Å². The van der Waals surface area contributed by atoms with Gasteiger partial charge in [-0.15, -0.1) is 0 Å². The summed E-state index contributed by atoms with van der Waals surface area (Å²) in [4.78, 5) is 12.8. The van der Waals surface area contributed by atoms with Crippen LogP contribution in [0.3, 0.4) is 0 Å². The van der Waals surface area contributed by atoms with Crippen LogP contribution in [0.4, 0.5) is 0 Å². The van der Waals surface area contributed by atoms with Crippen LogP contribution in [0, 0.1) is 46.3 Å². The lowest BCUT2D eigenvalue weighted by Crippen LogP contribution is -2.62. The molecule has 4 fully saturated rings. The summed E-state index contributed by atoms with van der Waals surface area (Å²) in [5.41, 5.74) is 0.801. The van der Waals surface area contributed by atoms with E-state index in [2.05, 4.69) is 26.1 Å². The summed E-state index contributed by atoms with van der Waals surface area (Å²) in [5.74, 6) is 3.13. The first-order valence-electron chi connectivity index (χ1n) is 15.5. The highest BCUT2D eigenvalue weighted by atomic mass is 16.5. The summed E-state index contributed by atoms with van der Waals surface area (Å²) in [6, 6.07) is 5.66. The fourth-order valence-corrected chi connectivity index (χ4v) is 9.97. The second-order valence-electron chi connectivity index (χ2n) is 14.0. The number of fused-ring (bicyclic) bond motifs is 5. The Morgan fingerprint density at radius 1 is 1.02 bits per heavy atom. The molecule has 224 valence electrons. The van der Waals surface area contributed by atoms with Crippen LogP contribution >= 0.6 is 0 Å². The number of amides is 1. The van der Waals surface area contributed by atoms with Crippen molar-refractivity contribution in [1.29, 1.82) is 0 Å². The average Bonchev–Trinajstić information content (AvgIpc) is 3.30. The van der Waals surface area contributed by atoms with Gasteiger partial charge in [0.1, 0.15) is 0 Å². The number of carbonyl (C=O) groups excluding carboxylic acids is 1. The molecule has 11 atom stereocenters. The molecule has 0 aliphatic heterocycles. The smallest absolute Gasteiger partial charge is 0.220 e. The number of benzene rings is 1. The van der Waals surface area contributed by atoms with Crippen molar-refractivity contribution in [3.63, 3.8) is 0 Å². The maximum atomic E-state index is 12.8. The van der Waals surface area contributed by atoms with Gasteiger partial charge in [0.15, 0.2) is 11.5 Å². The van der Waals surface area contributed by atoms with Gasteiger partial charge in [-0.05, 0) is 115 Å². The Balaban J connectivity index is 1.21. The van der Waals surface area contributed by atoms with Crippen LogP contribution in [-0.4, -0.2) is 53.8 Å². The minimum absolute atomic E-state index is 0.0340. The third kappa shape index (κ3) is 5.05. The Bertz CT molecular complexity index is 1060. The first kappa shape index (κ1) is 29.7. The summed E-state index contributed by atoms with van der Waals surface area (Å²) < 4.78 is 10.7. The third-order valence-electron chi connectivity index (χ3n) is 12.3. The van der Waals surface area contributed by atoms with Gasteiger partial charge in [0, 0.05) is 13.0 Å². The molecule has 0 saturated heterocycles. The van der Waals surface area contributed by atoms with E-state index in [1.54, 1.807) is 14.2 Å². The Labute approximate surface area is 240 Å². The standard InChI is InChI=1S/C33H51NO6/c1-19(6-11-30(38)34-18-20-7-10-27(39-4)28(14-20)40-5)23-8-9-24-31-25(17-29(37)33(23,24)3)32(2)13-12-22(35)15-21(32)16-26(31)36/h7,10,14,19,21-26,29,31,35-37H,6,8-9,11-13,15-18H2,1-5H3,(H,34,38)/t19-,21?,22-,23-,24?,25?,26-,29+,31?,32+,33-/m1/s1. The highest BCUT2D eigenvalue weighted by Crippen LogP contribution is 2.68. The van der Waals surface area contributed by atoms with Crippen molar-refractivity contribution in [1.82, 2.24) is 5.32 Å². The number of ether oxygens (including phenoxy) is 2. The van der Waals surface area contributed by atoms with Crippen LogP contribution in [-0.2, 0) is 11.3 Å². The first-order chi connectivity index (χ1) is 19.0. The lowest BCUT2D eigenvalue weighted by atomic mass is 9.43. The number of hydrogen-bond donors (Lipinski definition) is 4. The van der Waals surface area contributed by atoms with E-state index < -0.39 is 6.10 Å². The molecule has 4 unspecified atom stereocenters. The van der Waals surface area contributed by atoms with Gasteiger partial charge in [0.05, 0.1) is 32.5 Å². The van der Waals surface area contributed by atoms with Gasteiger partial charge in [-0.25, -0.2) is 0 Å². The van der Waals surface area contributed by atoms with Crippen molar-refractivity contribution in [2.24, 2.45) is 46.3 Å². The zero-order valence-corrected chi connectivity index (χ0v) is 25.1. The zero-order valence-electron chi connectivity index (χ0n) is 25.1. The van der Waals surface area contributed by atoms with Gasteiger partial charge in [-0.3, -0.25) is 4.79 Å². The molecule has 0 spiro atoms. The number of carbonyl (C=O) groups is 1. The minimum atomic E-state index is -0.401. The van der Waals surface area contributed by atoms with E-state index in [1.165, 1.54) is 0 Å². The number of rotatable bonds is 8. The van der Waals surface area contributed by atoms with Gasteiger partial charge in [0.25, 0.3) is 0 Å². The van der Waals surface area contributed by atoms with Crippen LogP contribution in [0.25, 0.3) is 0 Å². The Morgan fingerprint density at radius 2 is 1.77 bits per heavy atom. The predicted octanol–water partition coefficient (Wildman–Crippen LogP) is 4.70. The molecule has 0 heterocycles. The largest absolute Gasteiger partial charge is 0.493 e. The predicted molar refractivity (Wildman–Crippen MR) is 154 cm³/mol. The van der Waals surface area contributed by atoms with E-state index in [0.717, 1.165) is 56.9 Å². The van der Waals surface area contributed by atoms with Gasteiger partial charge in [-0.1, -0.05) is 26.8 Å². The summed E-state index contributed by atoms with van der Waals surface area (Å²) in [6.45, 7) is 7.33. The molecule has 4 aliphatic carbocycles. The van der Waals surface area contributed by atoms with Crippen molar-refractivity contribution in [2.75, 3.05) is 14.2 Å². The zero-order chi connectivity index (χ0) is 28.8. The highest BCUT2D eigenvalue weighted by Gasteiger charge is 2.65. The van der Waals surface area contributed by atoms with Gasteiger partial charge in [-0.2, -0.15) is 0 Å². The third-order valence-corrected chi connectivity index (χ3v) is 12.3. The highest BCUT2D eigenvalue weighted by molar-refractivity contribution is 5.75. The average molecular weight is 558 g/mol. The number of aliphatic hydroxyl groups is 3. The molecule has 4 aliphatic rings. The summed E-state index contributed by atoms with van der Waals surface area (Å²) in [7, 11) is 3.21. The van der Waals surface area contributed by atoms with E-state index in [-0.39, 0.29) is 34.9 Å². The summed E-state index contributed by atoms with van der Waals surface area (Å²) in [6.07, 6.45) is 6.42. The van der Waals surface area contributed by atoms with Crippen LogP contribution in [0.1, 0.15) is 84.1 Å². The fourth-order valence-electron chi connectivity index (χ4n) is 9.97. The first-order valence-corrected chi connectivity index (χ1v) is 15.5. The van der Waals surface area contributed by atoms with Crippen LogP contribution < -0.4 is 14.8 Å². The Morgan fingerprint density at radius 3 is 2.50 bits per heavy atom. The second kappa shape index (κ2) is 11.4. The van der Waals surface area contributed by atoms with E-state index in [0.29, 0.717) is 54.1 Å². The monoisotopic (exact) mass is 557 g/mol. The molecule has 1 amide bonds. The molecule has 1 aromatic carbocycles. The van der Waals surface area contributed by atoms with Crippen LogP contribution in [0.15, 0.2) is 18.2 Å². The van der Waals surface area contributed by atoms with E-state index in [1.807, 2.05) is 18.2 Å². The molecule has 4 N–H and O–H groups in total. The summed E-state index contributed by atoms with van der Waals surface area (Å²) >= 11 is 0. The SMILES string of the molecule is COc1ccc(CNC(=O)CC[C@@H](C)[C@H]2CCC3C4C(C[C@H](O)[C@@]32C)[C@@]2(C)CC[C@@H](O)CC2C[C@H]4O)cc1OC. The second-order valence-corrected chi connectivity index (χ2v) is 14.0. The Hall–Kier alpha value is -1.83.